The molecule has 5 rings (SSSR count). The Morgan fingerprint density at radius 2 is 1.90 bits per heavy atom. The SMILES string of the molecule is COc1ccc(Nc2nnc(SCc3cc(=O)oc4ccc5ccccc5c34)s2)cc1. The van der Waals surface area contributed by atoms with Gasteiger partial charge < -0.3 is 14.5 Å². The predicted molar refractivity (Wildman–Crippen MR) is 126 cm³/mol. The molecule has 1 N–H and O–H groups in total. The lowest BCUT2D eigenvalue weighted by molar-refractivity contribution is 0.415. The molecule has 8 heteroatoms. The first-order valence-electron chi connectivity index (χ1n) is 9.51. The van der Waals surface area contributed by atoms with Gasteiger partial charge in [-0.3, -0.25) is 0 Å². The second kappa shape index (κ2) is 8.41. The van der Waals surface area contributed by atoms with Crippen LogP contribution in [0.3, 0.4) is 0 Å². The molecular weight excluding hydrogens is 430 g/mol. The summed E-state index contributed by atoms with van der Waals surface area (Å²) in [6, 6.07) is 21.1. The fourth-order valence-corrected chi connectivity index (χ4v) is 5.14. The predicted octanol–water partition coefficient (Wildman–Crippen LogP) is 5.84. The van der Waals surface area contributed by atoms with E-state index in [0.29, 0.717) is 16.5 Å². The Morgan fingerprint density at radius 3 is 2.74 bits per heavy atom. The van der Waals surface area contributed by atoms with Crippen LogP contribution in [0.2, 0.25) is 0 Å². The second-order valence-corrected chi connectivity index (χ2v) is 8.97. The summed E-state index contributed by atoms with van der Waals surface area (Å²) >= 11 is 3.01. The maximum absolute atomic E-state index is 12.1. The molecule has 6 nitrogen and oxygen atoms in total. The molecule has 31 heavy (non-hydrogen) atoms. The third-order valence-electron chi connectivity index (χ3n) is 4.81. The summed E-state index contributed by atoms with van der Waals surface area (Å²) in [5.74, 6) is 1.39. The normalized spacial score (nSPS) is 11.1. The first-order chi connectivity index (χ1) is 15.2. The number of aromatic nitrogens is 2. The molecule has 0 unspecified atom stereocenters. The van der Waals surface area contributed by atoms with Crippen LogP contribution in [0.25, 0.3) is 21.7 Å². The molecule has 0 atom stereocenters. The van der Waals surface area contributed by atoms with Crippen LogP contribution in [0.5, 0.6) is 5.75 Å². The van der Waals surface area contributed by atoms with Crippen molar-refractivity contribution in [3.63, 3.8) is 0 Å². The summed E-state index contributed by atoms with van der Waals surface area (Å²) in [4.78, 5) is 12.1. The molecule has 5 aromatic rings. The molecule has 0 aliphatic carbocycles. The van der Waals surface area contributed by atoms with Crippen LogP contribution in [0.4, 0.5) is 10.8 Å². The number of methoxy groups -OCH3 is 1. The molecular formula is C23H17N3O3S2. The highest BCUT2D eigenvalue weighted by atomic mass is 32.2. The zero-order chi connectivity index (χ0) is 21.2. The molecule has 0 fully saturated rings. The van der Waals surface area contributed by atoms with Gasteiger partial charge >= 0.3 is 5.63 Å². The molecule has 0 aliphatic rings. The molecule has 0 saturated carbocycles. The maximum atomic E-state index is 12.1. The summed E-state index contributed by atoms with van der Waals surface area (Å²) < 4.78 is 11.4. The summed E-state index contributed by atoms with van der Waals surface area (Å²) in [7, 11) is 1.64. The first kappa shape index (κ1) is 19.6. The summed E-state index contributed by atoms with van der Waals surface area (Å²) in [5.41, 5.74) is 2.08. The van der Waals surface area contributed by atoms with E-state index in [2.05, 4.69) is 21.6 Å². The van der Waals surface area contributed by atoms with Gasteiger partial charge in [-0.15, -0.1) is 10.2 Å². The Morgan fingerprint density at radius 1 is 1.06 bits per heavy atom. The van der Waals surface area contributed by atoms with Crippen LogP contribution in [0.15, 0.2) is 80.3 Å². The summed E-state index contributed by atoms with van der Waals surface area (Å²) in [5, 5.41) is 15.6. The molecule has 0 saturated heterocycles. The van der Waals surface area contributed by atoms with Crippen LogP contribution >= 0.6 is 23.1 Å². The van der Waals surface area contributed by atoms with Crippen molar-refractivity contribution in [3.8, 4) is 5.75 Å². The fraction of sp³-hybridized carbons (Fsp3) is 0.0870. The lowest BCUT2D eigenvalue weighted by Gasteiger charge is -2.07. The summed E-state index contributed by atoms with van der Waals surface area (Å²) in [6.07, 6.45) is 0. The van der Waals surface area contributed by atoms with Crippen molar-refractivity contribution in [2.45, 2.75) is 10.1 Å². The smallest absolute Gasteiger partial charge is 0.336 e. The van der Waals surface area contributed by atoms with Gasteiger partial charge in [-0.1, -0.05) is 53.4 Å². The molecule has 0 spiro atoms. The van der Waals surface area contributed by atoms with Crippen LogP contribution < -0.4 is 15.7 Å². The number of thioether (sulfide) groups is 1. The van der Waals surface area contributed by atoms with Gasteiger partial charge in [0.05, 0.1) is 7.11 Å². The quantitative estimate of drug-likeness (QED) is 0.199. The van der Waals surface area contributed by atoms with Gasteiger partial charge in [-0.2, -0.15) is 0 Å². The average Bonchev–Trinajstić information content (AvgIpc) is 3.24. The number of nitrogens with zero attached hydrogens (tertiary/aromatic N) is 2. The zero-order valence-electron chi connectivity index (χ0n) is 16.5. The highest BCUT2D eigenvalue weighted by molar-refractivity contribution is 8.00. The number of fused-ring (bicyclic) bond motifs is 3. The highest BCUT2D eigenvalue weighted by Crippen LogP contribution is 2.34. The maximum Gasteiger partial charge on any atom is 0.336 e. The molecule has 2 aromatic heterocycles. The van der Waals surface area contributed by atoms with Crippen molar-refractivity contribution >= 4 is 55.7 Å². The standard InChI is InChI=1S/C23H17N3O3S2/c1-28-17-9-7-16(8-10-17)24-22-25-26-23(31-22)30-13-15-12-20(27)29-19-11-6-14-4-2-3-5-18(14)21(15)19/h2-12H,13H2,1H3,(H,24,25). The van der Waals surface area contributed by atoms with E-state index in [0.717, 1.165) is 37.5 Å². The number of benzene rings is 3. The Bertz CT molecular complexity index is 1430. The van der Waals surface area contributed by atoms with Gasteiger partial charge in [0.15, 0.2) is 4.34 Å². The molecule has 3 aromatic carbocycles. The lowest BCUT2D eigenvalue weighted by atomic mass is 10.0. The highest BCUT2D eigenvalue weighted by Gasteiger charge is 2.12. The van der Waals surface area contributed by atoms with Gasteiger partial charge in [-0.05, 0) is 46.7 Å². The molecule has 0 amide bonds. The number of nitrogens with one attached hydrogen (secondary N) is 1. The van der Waals surface area contributed by atoms with Gasteiger partial charge in [0.1, 0.15) is 11.3 Å². The van der Waals surface area contributed by atoms with E-state index in [9.17, 15) is 4.79 Å². The average molecular weight is 448 g/mol. The van der Waals surface area contributed by atoms with E-state index in [4.69, 9.17) is 9.15 Å². The lowest BCUT2D eigenvalue weighted by Crippen LogP contribution is -2.00. The first-order valence-corrected chi connectivity index (χ1v) is 11.3. The largest absolute Gasteiger partial charge is 0.497 e. The van der Waals surface area contributed by atoms with E-state index in [1.54, 1.807) is 24.9 Å². The summed E-state index contributed by atoms with van der Waals surface area (Å²) in [6.45, 7) is 0. The van der Waals surface area contributed by atoms with E-state index >= 15 is 0 Å². The topological polar surface area (TPSA) is 77.2 Å². The van der Waals surface area contributed by atoms with Crippen molar-refractivity contribution in [1.29, 1.82) is 0 Å². The van der Waals surface area contributed by atoms with Crippen LogP contribution in [-0.4, -0.2) is 17.3 Å². The van der Waals surface area contributed by atoms with Crippen molar-refractivity contribution in [1.82, 2.24) is 10.2 Å². The van der Waals surface area contributed by atoms with Crippen LogP contribution in [0, 0.1) is 0 Å². The minimum absolute atomic E-state index is 0.350. The van der Waals surface area contributed by atoms with Gasteiger partial charge in [0.2, 0.25) is 5.13 Å². The second-order valence-electron chi connectivity index (χ2n) is 6.77. The minimum atomic E-state index is -0.350. The van der Waals surface area contributed by atoms with Crippen molar-refractivity contribution < 1.29 is 9.15 Å². The van der Waals surface area contributed by atoms with Crippen LogP contribution in [-0.2, 0) is 5.75 Å². The monoisotopic (exact) mass is 447 g/mol. The number of hydrogen-bond donors (Lipinski definition) is 1. The zero-order valence-corrected chi connectivity index (χ0v) is 18.1. The van der Waals surface area contributed by atoms with Crippen molar-refractivity contribution in [3.05, 3.63) is 82.7 Å². The van der Waals surface area contributed by atoms with E-state index in [1.165, 1.54) is 11.3 Å². The molecule has 0 bridgehead atoms. The van der Waals surface area contributed by atoms with E-state index < -0.39 is 0 Å². The minimum Gasteiger partial charge on any atom is -0.497 e. The number of rotatable bonds is 6. The molecule has 0 aliphatic heterocycles. The van der Waals surface area contributed by atoms with Crippen molar-refractivity contribution in [2.75, 3.05) is 12.4 Å². The Kier molecular flexibility index (Phi) is 5.31. The number of hydrogen-bond acceptors (Lipinski definition) is 8. The Labute approximate surface area is 185 Å². The molecule has 0 radical (unpaired) electrons. The Hall–Kier alpha value is -3.36. The van der Waals surface area contributed by atoms with Gasteiger partial charge in [-0.25, -0.2) is 4.79 Å². The van der Waals surface area contributed by atoms with Gasteiger partial charge in [0.25, 0.3) is 0 Å². The fourth-order valence-electron chi connectivity index (χ4n) is 3.39. The number of ether oxygens (including phenoxy) is 1. The van der Waals surface area contributed by atoms with E-state index in [-0.39, 0.29) is 5.63 Å². The molecule has 2 heterocycles. The van der Waals surface area contributed by atoms with Gasteiger partial charge in [0, 0.05) is 22.9 Å². The number of anilines is 2. The van der Waals surface area contributed by atoms with Crippen LogP contribution in [0.1, 0.15) is 5.56 Å². The molecule has 154 valence electrons. The van der Waals surface area contributed by atoms with Crippen molar-refractivity contribution in [2.24, 2.45) is 0 Å². The Balaban J connectivity index is 1.39. The van der Waals surface area contributed by atoms with E-state index in [1.807, 2.05) is 54.6 Å². The third-order valence-corrected chi connectivity index (χ3v) is 6.83. The third kappa shape index (κ3) is 4.12.